The van der Waals surface area contributed by atoms with Gasteiger partial charge in [0.25, 0.3) is 0 Å². The highest BCUT2D eigenvalue weighted by molar-refractivity contribution is 6.20. The summed E-state index contributed by atoms with van der Waals surface area (Å²) in [6.07, 6.45) is 1.82. The number of fused-ring (bicyclic) bond motifs is 5. The maximum atomic E-state index is 6.76. The minimum Gasteiger partial charge on any atom is -0.455 e. The van der Waals surface area contributed by atoms with Crippen LogP contribution in [0.5, 0.6) is 0 Å². The smallest absolute Gasteiger partial charge is 0.164 e. The molecule has 10 aromatic rings. The molecule has 0 atom stereocenters. The van der Waals surface area contributed by atoms with Crippen molar-refractivity contribution in [2.75, 3.05) is 0 Å². The maximum Gasteiger partial charge on any atom is 0.164 e. The highest BCUT2D eigenvalue weighted by atomic mass is 16.3. The Bertz CT molecular complexity index is 2840. The van der Waals surface area contributed by atoms with Gasteiger partial charge in [0.05, 0.1) is 5.52 Å². The lowest BCUT2D eigenvalue weighted by Crippen LogP contribution is -2.00. The van der Waals surface area contributed by atoms with Crippen molar-refractivity contribution >= 4 is 43.6 Å². The molecule has 0 saturated heterocycles. The van der Waals surface area contributed by atoms with E-state index in [1.165, 1.54) is 0 Å². The second-order valence-electron chi connectivity index (χ2n) is 12.6. The third-order valence-corrected chi connectivity index (χ3v) is 9.58. The molecule has 51 heavy (non-hydrogen) atoms. The summed E-state index contributed by atoms with van der Waals surface area (Å²) >= 11 is 0. The van der Waals surface area contributed by atoms with E-state index in [0.717, 1.165) is 82.6 Å². The molecule has 5 heteroatoms. The molecule has 0 aliphatic carbocycles. The number of rotatable bonds is 5. The average molecular weight is 653 g/mol. The minimum atomic E-state index is 0.628. The van der Waals surface area contributed by atoms with Crippen LogP contribution in [0.3, 0.4) is 0 Å². The van der Waals surface area contributed by atoms with Crippen LogP contribution in [0, 0.1) is 0 Å². The van der Waals surface area contributed by atoms with Gasteiger partial charge in [0, 0.05) is 50.7 Å². The summed E-state index contributed by atoms with van der Waals surface area (Å²) in [6, 6.07) is 56.2. The van der Waals surface area contributed by atoms with E-state index >= 15 is 0 Å². The van der Waals surface area contributed by atoms with Gasteiger partial charge in [-0.05, 0) is 51.7 Å². The number of hydrogen-bond acceptors (Lipinski definition) is 5. The Balaban J connectivity index is 1.23. The van der Waals surface area contributed by atoms with Crippen LogP contribution in [0.4, 0.5) is 0 Å². The van der Waals surface area contributed by atoms with Gasteiger partial charge in [-0.25, -0.2) is 15.0 Å². The Labute approximate surface area is 293 Å². The first kappa shape index (κ1) is 29.0. The van der Waals surface area contributed by atoms with Crippen molar-refractivity contribution in [3.05, 3.63) is 170 Å². The van der Waals surface area contributed by atoms with Gasteiger partial charge in [-0.2, -0.15) is 0 Å². The van der Waals surface area contributed by atoms with Gasteiger partial charge in [-0.1, -0.05) is 133 Å². The van der Waals surface area contributed by atoms with Gasteiger partial charge in [-0.3, -0.25) is 4.98 Å². The van der Waals surface area contributed by atoms with Crippen LogP contribution in [0.1, 0.15) is 0 Å². The number of nitrogens with zero attached hydrogens (tertiary/aromatic N) is 4. The summed E-state index contributed by atoms with van der Waals surface area (Å²) in [4.78, 5) is 19.7. The fraction of sp³-hybridized carbons (Fsp3) is 0. The molecule has 7 aromatic carbocycles. The van der Waals surface area contributed by atoms with Crippen LogP contribution in [0.15, 0.2) is 174 Å². The van der Waals surface area contributed by atoms with Crippen molar-refractivity contribution < 1.29 is 4.42 Å². The fourth-order valence-electron chi connectivity index (χ4n) is 7.17. The molecule has 3 aromatic heterocycles. The molecule has 0 spiro atoms. The summed E-state index contributed by atoms with van der Waals surface area (Å²) in [5.41, 5.74) is 9.76. The number of hydrogen-bond donors (Lipinski definition) is 0. The van der Waals surface area contributed by atoms with Crippen molar-refractivity contribution in [1.82, 2.24) is 19.9 Å². The molecule has 0 unspecified atom stereocenters. The first-order valence-electron chi connectivity index (χ1n) is 17.0. The van der Waals surface area contributed by atoms with E-state index in [2.05, 4.69) is 96.0 Å². The zero-order valence-electron chi connectivity index (χ0n) is 27.4. The molecule has 0 aliphatic heterocycles. The second kappa shape index (κ2) is 11.9. The second-order valence-corrected chi connectivity index (χ2v) is 12.6. The van der Waals surface area contributed by atoms with Crippen LogP contribution in [-0.4, -0.2) is 19.9 Å². The third-order valence-electron chi connectivity index (χ3n) is 9.58. The molecule has 0 amide bonds. The van der Waals surface area contributed by atoms with Crippen molar-refractivity contribution in [1.29, 1.82) is 0 Å². The normalized spacial score (nSPS) is 11.5. The van der Waals surface area contributed by atoms with E-state index in [-0.39, 0.29) is 0 Å². The molecular weight excluding hydrogens is 625 g/mol. The van der Waals surface area contributed by atoms with Crippen molar-refractivity contribution in [2.24, 2.45) is 0 Å². The Morgan fingerprint density at radius 3 is 1.63 bits per heavy atom. The summed E-state index contributed by atoms with van der Waals surface area (Å²) in [6.45, 7) is 0. The van der Waals surface area contributed by atoms with Gasteiger partial charge in [0.1, 0.15) is 11.2 Å². The van der Waals surface area contributed by atoms with Crippen LogP contribution in [0.2, 0.25) is 0 Å². The first-order valence-corrected chi connectivity index (χ1v) is 17.0. The molecule has 5 nitrogen and oxygen atoms in total. The fourth-order valence-corrected chi connectivity index (χ4v) is 7.17. The highest BCUT2D eigenvalue weighted by Crippen LogP contribution is 2.45. The molecule has 0 radical (unpaired) electrons. The van der Waals surface area contributed by atoms with E-state index in [9.17, 15) is 0 Å². The lowest BCUT2D eigenvalue weighted by Gasteiger charge is -2.14. The van der Waals surface area contributed by atoms with Gasteiger partial charge >= 0.3 is 0 Å². The number of aromatic nitrogens is 4. The predicted octanol–water partition coefficient (Wildman–Crippen LogP) is 11.8. The topological polar surface area (TPSA) is 64.7 Å². The molecule has 238 valence electrons. The molecule has 3 heterocycles. The first-order chi connectivity index (χ1) is 25.3. The van der Waals surface area contributed by atoms with Gasteiger partial charge in [0.2, 0.25) is 0 Å². The molecule has 0 N–H and O–H groups in total. The Morgan fingerprint density at radius 1 is 0.392 bits per heavy atom. The number of furan rings is 1. The van der Waals surface area contributed by atoms with Crippen LogP contribution in [-0.2, 0) is 0 Å². The van der Waals surface area contributed by atoms with Gasteiger partial charge in [0.15, 0.2) is 17.5 Å². The Morgan fingerprint density at radius 2 is 0.941 bits per heavy atom. The zero-order valence-corrected chi connectivity index (χ0v) is 27.4. The maximum absolute atomic E-state index is 6.76. The van der Waals surface area contributed by atoms with Crippen molar-refractivity contribution in [2.45, 2.75) is 0 Å². The van der Waals surface area contributed by atoms with E-state index in [4.69, 9.17) is 19.4 Å². The number of pyridine rings is 1. The van der Waals surface area contributed by atoms with E-state index in [1.807, 2.05) is 79.0 Å². The standard InChI is InChI=1S/C46H28N4O/c1-4-13-29(14-5-1)33-22-24-37(42-39-27-32-19-12-26-47-40(32)28-41(39)51-43(33)42)36-23-25-38(35-21-11-10-20-34(35)36)46-49-44(30-15-6-2-7-16-30)48-45(50-46)31-17-8-3-9-18-31/h1-28H. The average Bonchev–Trinajstić information content (AvgIpc) is 3.58. The van der Waals surface area contributed by atoms with E-state index in [1.54, 1.807) is 0 Å². The number of benzene rings is 7. The third kappa shape index (κ3) is 4.94. The summed E-state index contributed by atoms with van der Waals surface area (Å²) in [7, 11) is 0. The zero-order chi connectivity index (χ0) is 33.7. The molecule has 0 aliphatic rings. The lowest BCUT2D eigenvalue weighted by molar-refractivity contribution is 0.670. The molecular formula is C46H28N4O. The largest absolute Gasteiger partial charge is 0.455 e. The minimum absolute atomic E-state index is 0.628. The Kier molecular flexibility index (Phi) is 6.74. The van der Waals surface area contributed by atoms with Gasteiger partial charge in [-0.15, -0.1) is 0 Å². The predicted molar refractivity (Wildman–Crippen MR) is 207 cm³/mol. The van der Waals surface area contributed by atoms with E-state index < -0.39 is 0 Å². The summed E-state index contributed by atoms with van der Waals surface area (Å²) in [5, 5.41) is 5.37. The molecule has 0 saturated carbocycles. The Hall–Kier alpha value is -6.98. The molecule has 10 rings (SSSR count). The summed E-state index contributed by atoms with van der Waals surface area (Å²) < 4.78 is 6.76. The highest BCUT2D eigenvalue weighted by Gasteiger charge is 2.21. The van der Waals surface area contributed by atoms with Gasteiger partial charge < -0.3 is 4.42 Å². The van der Waals surface area contributed by atoms with Crippen LogP contribution >= 0.6 is 0 Å². The quantitative estimate of drug-likeness (QED) is 0.185. The van der Waals surface area contributed by atoms with E-state index in [0.29, 0.717) is 17.5 Å². The summed E-state index contributed by atoms with van der Waals surface area (Å²) in [5.74, 6) is 1.90. The van der Waals surface area contributed by atoms with Crippen LogP contribution in [0.25, 0.3) is 100 Å². The van der Waals surface area contributed by atoms with Crippen LogP contribution < -0.4 is 0 Å². The monoisotopic (exact) mass is 652 g/mol. The lowest BCUT2D eigenvalue weighted by atomic mass is 9.90. The van der Waals surface area contributed by atoms with Crippen molar-refractivity contribution in [3.63, 3.8) is 0 Å². The van der Waals surface area contributed by atoms with Crippen molar-refractivity contribution in [3.8, 4) is 56.4 Å². The molecule has 0 fully saturated rings. The molecule has 0 bridgehead atoms. The SMILES string of the molecule is c1ccc(-c2nc(-c3ccccc3)nc(-c3ccc(-c4ccc(-c5ccccc5)c5oc6cc7ncccc7cc6c45)c4ccccc34)n2)cc1.